The van der Waals surface area contributed by atoms with E-state index in [-0.39, 0.29) is 0 Å². The van der Waals surface area contributed by atoms with E-state index in [1.54, 1.807) is 11.8 Å². The summed E-state index contributed by atoms with van der Waals surface area (Å²) in [5, 5.41) is 6.15. The number of hydrogen-bond acceptors (Lipinski definition) is 3. The molecule has 1 aliphatic rings. The van der Waals surface area contributed by atoms with Crippen LogP contribution in [0.1, 0.15) is 32.8 Å². The third-order valence-corrected chi connectivity index (χ3v) is 4.87. The third-order valence-electron chi connectivity index (χ3n) is 3.05. The van der Waals surface area contributed by atoms with Crippen molar-refractivity contribution in [3.05, 3.63) is 27.7 Å². The molecule has 1 aliphatic heterocycles. The van der Waals surface area contributed by atoms with Crippen LogP contribution in [0.4, 0.5) is 5.69 Å². The summed E-state index contributed by atoms with van der Waals surface area (Å²) in [5.41, 5.74) is 2.13. The summed E-state index contributed by atoms with van der Waals surface area (Å²) in [6.07, 6.45) is 1.15. The lowest BCUT2D eigenvalue weighted by molar-refractivity contribution is 0.375. The van der Waals surface area contributed by atoms with Gasteiger partial charge in [0.25, 0.3) is 0 Å². The summed E-state index contributed by atoms with van der Waals surface area (Å²) in [4.78, 5) is 4.56. The molecule has 5 heteroatoms. The van der Waals surface area contributed by atoms with Gasteiger partial charge in [0.15, 0.2) is 5.17 Å². The van der Waals surface area contributed by atoms with E-state index in [0.29, 0.717) is 20.7 Å². The van der Waals surface area contributed by atoms with Gasteiger partial charge in [-0.3, -0.25) is 4.99 Å². The highest BCUT2D eigenvalue weighted by Gasteiger charge is 2.25. The van der Waals surface area contributed by atoms with Crippen LogP contribution >= 0.6 is 35.0 Å². The van der Waals surface area contributed by atoms with Crippen LogP contribution in [0.3, 0.4) is 0 Å². The molecular formula is C15H20Cl2N2S. The fourth-order valence-electron chi connectivity index (χ4n) is 2.13. The number of hydrogen-bond donors (Lipinski definition) is 1. The number of halogens is 2. The van der Waals surface area contributed by atoms with Gasteiger partial charge in [0.2, 0.25) is 0 Å². The van der Waals surface area contributed by atoms with Crippen LogP contribution in [0.2, 0.25) is 10.0 Å². The van der Waals surface area contributed by atoms with Gasteiger partial charge in [0, 0.05) is 10.3 Å². The molecule has 0 saturated heterocycles. The minimum Gasteiger partial charge on any atom is -0.334 e. The van der Waals surface area contributed by atoms with Crippen molar-refractivity contribution in [2.45, 2.75) is 39.4 Å². The van der Waals surface area contributed by atoms with Crippen molar-refractivity contribution < 1.29 is 0 Å². The molecule has 0 radical (unpaired) electrons. The van der Waals surface area contributed by atoms with Gasteiger partial charge in [-0.25, -0.2) is 0 Å². The predicted octanol–water partition coefficient (Wildman–Crippen LogP) is 5.62. The van der Waals surface area contributed by atoms with E-state index in [0.717, 1.165) is 29.4 Å². The Bertz CT molecular complexity index is 535. The maximum Gasteiger partial charge on any atom is 0.161 e. The first kappa shape index (κ1) is 16.0. The number of aliphatic imine (C=N–C) groups is 1. The molecule has 1 unspecified atom stereocenters. The minimum atomic E-state index is 0.327. The molecular weight excluding hydrogens is 311 g/mol. The van der Waals surface area contributed by atoms with E-state index < -0.39 is 0 Å². The lowest BCUT2D eigenvalue weighted by Gasteiger charge is -2.21. The zero-order valence-electron chi connectivity index (χ0n) is 12.3. The zero-order chi connectivity index (χ0) is 14.9. The van der Waals surface area contributed by atoms with Gasteiger partial charge >= 0.3 is 0 Å². The molecule has 0 aromatic heterocycles. The highest BCUT2D eigenvalue weighted by atomic mass is 35.5. The molecule has 0 saturated carbocycles. The van der Waals surface area contributed by atoms with Gasteiger partial charge in [-0.15, -0.1) is 0 Å². The minimum absolute atomic E-state index is 0.327. The zero-order valence-corrected chi connectivity index (χ0v) is 14.6. The Kier molecular flexibility index (Phi) is 4.93. The molecule has 1 N–H and O–H groups in total. The maximum atomic E-state index is 6.24. The van der Waals surface area contributed by atoms with Crippen molar-refractivity contribution in [1.82, 2.24) is 0 Å². The normalized spacial score (nSPS) is 19.1. The summed E-state index contributed by atoms with van der Waals surface area (Å²) in [6.45, 7) is 9.58. The standard InChI is InChI=1S/C15H20Cl2N2S/c1-9-5-12(17)13(6-11(9)16)19-14-18-8-10(20-14)7-15(2,3)4/h5-6,10H,7-8H2,1-4H3,(H,18,19). The van der Waals surface area contributed by atoms with Crippen molar-refractivity contribution in [2.75, 3.05) is 11.9 Å². The third kappa shape index (κ3) is 4.31. The topological polar surface area (TPSA) is 24.4 Å². The smallest absolute Gasteiger partial charge is 0.161 e. The molecule has 0 spiro atoms. The van der Waals surface area contributed by atoms with Crippen molar-refractivity contribution in [1.29, 1.82) is 0 Å². The second-order valence-electron chi connectivity index (χ2n) is 6.36. The van der Waals surface area contributed by atoms with Crippen molar-refractivity contribution >= 4 is 45.8 Å². The number of amidine groups is 1. The Hall–Kier alpha value is -0.380. The number of benzene rings is 1. The summed E-state index contributed by atoms with van der Waals surface area (Å²) >= 11 is 14.2. The van der Waals surface area contributed by atoms with Gasteiger partial charge < -0.3 is 5.32 Å². The van der Waals surface area contributed by atoms with Crippen LogP contribution in [-0.2, 0) is 0 Å². The average molecular weight is 331 g/mol. The molecule has 2 rings (SSSR count). The number of thioether (sulfide) groups is 1. The molecule has 1 heterocycles. The van der Waals surface area contributed by atoms with Crippen LogP contribution in [0.5, 0.6) is 0 Å². The Morgan fingerprint density at radius 1 is 1.30 bits per heavy atom. The Morgan fingerprint density at radius 3 is 2.65 bits per heavy atom. The monoisotopic (exact) mass is 330 g/mol. The first-order chi connectivity index (χ1) is 9.24. The lowest BCUT2D eigenvalue weighted by atomic mass is 9.90. The fraction of sp³-hybridized carbons (Fsp3) is 0.533. The molecule has 0 aliphatic carbocycles. The van der Waals surface area contributed by atoms with Gasteiger partial charge in [0.05, 0.1) is 17.3 Å². The molecule has 1 aromatic rings. The average Bonchev–Trinajstić information content (AvgIpc) is 2.71. The maximum absolute atomic E-state index is 6.24. The second kappa shape index (κ2) is 6.17. The lowest BCUT2D eigenvalue weighted by Crippen LogP contribution is -2.16. The predicted molar refractivity (Wildman–Crippen MR) is 92.6 cm³/mol. The number of nitrogens with one attached hydrogen (secondary N) is 1. The van der Waals surface area contributed by atoms with Gasteiger partial charge in [-0.1, -0.05) is 55.7 Å². The van der Waals surface area contributed by atoms with E-state index in [2.05, 4.69) is 31.1 Å². The fourth-order valence-corrected chi connectivity index (χ4v) is 3.93. The Morgan fingerprint density at radius 2 is 2.00 bits per heavy atom. The largest absolute Gasteiger partial charge is 0.334 e. The number of anilines is 1. The van der Waals surface area contributed by atoms with Crippen LogP contribution < -0.4 is 5.32 Å². The molecule has 20 heavy (non-hydrogen) atoms. The molecule has 1 aromatic carbocycles. The molecule has 0 amide bonds. The van der Waals surface area contributed by atoms with Crippen LogP contribution in [0, 0.1) is 12.3 Å². The van der Waals surface area contributed by atoms with Crippen molar-refractivity contribution in [3.8, 4) is 0 Å². The SMILES string of the molecule is Cc1cc(Cl)c(NC2=NCC(CC(C)(C)C)S2)cc1Cl. The highest BCUT2D eigenvalue weighted by molar-refractivity contribution is 8.15. The van der Waals surface area contributed by atoms with Gasteiger partial charge in [-0.2, -0.15) is 0 Å². The van der Waals surface area contributed by atoms with Gasteiger partial charge in [0.1, 0.15) is 0 Å². The molecule has 110 valence electrons. The van der Waals surface area contributed by atoms with E-state index in [4.69, 9.17) is 23.2 Å². The van der Waals surface area contributed by atoms with Crippen molar-refractivity contribution in [3.63, 3.8) is 0 Å². The van der Waals surface area contributed by atoms with Gasteiger partial charge in [-0.05, 0) is 36.5 Å². The summed E-state index contributed by atoms with van der Waals surface area (Å²) < 4.78 is 0. The molecule has 1 atom stereocenters. The molecule has 2 nitrogen and oxygen atoms in total. The summed E-state index contributed by atoms with van der Waals surface area (Å²) in [7, 11) is 0. The number of aryl methyl sites for hydroxylation is 1. The van der Waals surface area contributed by atoms with Crippen LogP contribution in [0.25, 0.3) is 0 Å². The van der Waals surface area contributed by atoms with E-state index >= 15 is 0 Å². The second-order valence-corrected chi connectivity index (χ2v) is 8.46. The quantitative estimate of drug-likeness (QED) is 0.760. The van der Waals surface area contributed by atoms with Crippen LogP contribution in [0.15, 0.2) is 17.1 Å². The Labute approximate surface area is 135 Å². The van der Waals surface area contributed by atoms with Crippen LogP contribution in [-0.4, -0.2) is 17.0 Å². The number of nitrogens with zero attached hydrogens (tertiary/aromatic N) is 1. The summed E-state index contributed by atoms with van der Waals surface area (Å²) in [6, 6.07) is 3.73. The highest BCUT2D eigenvalue weighted by Crippen LogP contribution is 2.34. The Balaban J connectivity index is 2.01. The molecule has 0 bridgehead atoms. The molecule has 0 fully saturated rings. The van der Waals surface area contributed by atoms with E-state index in [1.807, 2.05) is 19.1 Å². The first-order valence-corrected chi connectivity index (χ1v) is 8.32. The van der Waals surface area contributed by atoms with E-state index in [1.165, 1.54) is 0 Å². The summed E-state index contributed by atoms with van der Waals surface area (Å²) in [5.74, 6) is 0. The number of rotatable bonds is 2. The van der Waals surface area contributed by atoms with Crippen molar-refractivity contribution in [2.24, 2.45) is 10.4 Å². The first-order valence-electron chi connectivity index (χ1n) is 6.68. The van der Waals surface area contributed by atoms with E-state index in [9.17, 15) is 0 Å².